The fourth-order valence-corrected chi connectivity index (χ4v) is 1.97. The van der Waals surface area contributed by atoms with Gasteiger partial charge in [0.05, 0.1) is 0 Å². The molecule has 0 aliphatic carbocycles. The average Bonchev–Trinajstić information content (AvgIpc) is 2.64. The topological polar surface area (TPSA) is 72.9 Å². The summed E-state index contributed by atoms with van der Waals surface area (Å²) in [4.78, 5) is 26.1. The standard InChI is InChI=1S/C11H21N3O3/c1-8(10(15)16)12-11(17)14(3)7-9-5-4-6-13(9)2/h8-9H,4-7H2,1-3H3,(H,12,17)(H,15,16). The zero-order chi connectivity index (χ0) is 13.0. The molecule has 2 N–H and O–H groups in total. The molecule has 0 spiro atoms. The summed E-state index contributed by atoms with van der Waals surface area (Å²) < 4.78 is 0. The maximum Gasteiger partial charge on any atom is 0.325 e. The third-order valence-corrected chi connectivity index (χ3v) is 3.21. The van der Waals surface area contributed by atoms with Gasteiger partial charge in [0.1, 0.15) is 6.04 Å². The van der Waals surface area contributed by atoms with Crippen molar-refractivity contribution in [1.29, 1.82) is 0 Å². The van der Waals surface area contributed by atoms with Crippen molar-refractivity contribution in [3.8, 4) is 0 Å². The van der Waals surface area contributed by atoms with Gasteiger partial charge in [-0.3, -0.25) is 4.79 Å². The Morgan fingerprint density at radius 1 is 1.59 bits per heavy atom. The first-order chi connectivity index (χ1) is 7.91. The smallest absolute Gasteiger partial charge is 0.325 e. The molecule has 0 aromatic rings. The second kappa shape index (κ2) is 5.86. The minimum absolute atomic E-state index is 0.333. The number of carbonyl (C=O) groups is 2. The Morgan fingerprint density at radius 2 is 2.24 bits per heavy atom. The first kappa shape index (κ1) is 13.8. The number of rotatable bonds is 4. The third-order valence-electron chi connectivity index (χ3n) is 3.21. The molecule has 0 saturated carbocycles. The van der Waals surface area contributed by atoms with E-state index in [2.05, 4.69) is 10.2 Å². The first-order valence-corrected chi connectivity index (χ1v) is 5.86. The number of hydrogen-bond donors (Lipinski definition) is 2. The van der Waals surface area contributed by atoms with E-state index in [9.17, 15) is 9.59 Å². The summed E-state index contributed by atoms with van der Waals surface area (Å²) in [6.45, 7) is 3.15. The van der Waals surface area contributed by atoms with Crippen LogP contribution in [0.3, 0.4) is 0 Å². The molecule has 98 valence electrons. The molecular formula is C11H21N3O3. The van der Waals surface area contributed by atoms with E-state index < -0.39 is 12.0 Å². The normalized spacial score (nSPS) is 22.2. The Morgan fingerprint density at radius 3 is 2.71 bits per heavy atom. The summed E-state index contributed by atoms with van der Waals surface area (Å²) in [7, 11) is 3.74. The lowest BCUT2D eigenvalue weighted by atomic mass is 10.2. The maximum atomic E-state index is 11.7. The van der Waals surface area contributed by atoms with E-state index in [-0.39, 0.29) is 6.03 Å². The van der Waals surface area contributed by atoms with Crippen LogP contribution in [0.5, 0.6) is 0 Å². The van der Waals surface area contributed by atoms with Crippen LogP contribution in [0, 0.1) is 0 Å². The zero-order valence-electron chi connectivity index (χ0n) is 10.6. The van der Waals surface area contributed by atoms with Crippen molar-refractivity contribution in [2.24, 2.45) is 0 Å². The van der Waals surface area contributed by atoms with Crippen LogP contribution in [0.4, 0.5) is 4.79 Å². The second-order valence-corrected chi connectivity index (χ2v) is 4.67. The molecule has 1 heterocycles. The van der Waals surface area contributed by atoms with Crippen molar-refractivity contribution in [3.05, 3.63) is 0 Å². The molecule has 0 radical (unpaired) electrons. The number of nitrogens with zero attached hydrogens (tertiary/aromatic N) is 2. The van der Waals surface area contributed by atoms with Crippen LogP contribution in [0.15, 0.2) is 0 Å². The van der Waals surface area contributed by atoms with Crippen molar-refractivity contribution in [3.63, 3.8) is 0 Å². The Labute approximate surface area is 102 Å². The van der Waals surface area contributed by atoms with Crippen LogP contribution >= 0.6 is 0 Å². The van der Waals surface area contributed by atoms with Gasteiger partial charge >= 0.3 is 12.0 Å². The van der Waals surface area contributed by atoms with Crippen LogP contribution in [-0.2, 0) is 4.79 Å². The zero-order valence-corrected chi connectivity index (χ0v) is 10.6. The highest BCUT2D eigenvalue weighted by Crippen LogP contribution is 2.15. The average molecular weight is 243 g/mol. The van der Waals surface area contributed by atoms with Gasteiger partial charge in [-0.25, -0.2) is 4.79 Å². The molecule has 1 aliphatic heterocycles. The predicted octanol–water partition coefficient (Wildman–Crippen LogP) is 0.195. The van der Waals surface area contributed by atoms with Crippen molar-refractivity contribution in [2.45, 2.75) is 31.8 Å². The number of amides is 2. The van der Waals surface area contributed by atoms with Crippen molar-refractivity contribution >= 4 is 12.0 Å². The molecule has 6 heteroatoms. The van der Waals surface area contributed by atoms with Crippen LogP contribution in [0.2, 0.25) is 0 Å². The number of nitrogens with one attached hydrogen (secondary N) is 1. The Kier molecular flexibility index (Phi) is 4.74. The van der Waals surface area contributed by atoms with E-state index in [1.807, 2.05) is 7.05 Å². The third kappa shape index (κ3) is 3.89. The molecule has 1 fully saturated rings. The Balaban J connectivity index is 2.38. The number of hydrogen-bond acceptors (Lipinski definition) is 3. The maximum absolute atomic E-state index is 11.7. The van der Waals surface area contributed by atoms with Crippen molar-refractivity contribution in [2.75, 3.05) is 27.2 Å². The number of carbonyl (C=O) groups excluding carboxylic acids is 1. The summed E-state index contributed by atoms with van der Waals surface area (Å²) in [5, 5.41) is 11.1. The van der Waals surface area contributed by atoms with Crippen molar-refractivity contribution in [1.82, 2.24) is 15.1 Å². The number of carboxylic acid groups (broad SMARTS) is 1. The van der Waals surface area contributed by atoms with Crippen LogP contribution in [0.1, 0.15) is 19.8 Å². The van der Waals surface area contributed by atoms with Gasteiger partial charge in [-0.2, -0.15) is 0 Å². The van der Waals surface area contributed by atoms with Crippen molar-refractivity contribution < 1.29 is 14.7 Å². The number of likely N-dealkylation sites (N-methyl/N-ethyl adjacent to an activating group) is 2. The quantitative estimate of drug-likeness (QED) is 0.739. The van der Waals surface area contributed by atoms with Gasteiger partial charge in [0.15, 0.2) is 0 Å². The second-order valence-electron chi connectivity index (χ2n) is 4.67. The highest BCUT2D eigenvalue weighted by Gasteiger charge is 2.24. The van der Waals surface area contributed by atoms with E-state index in [0.717, 1.165) is 19.4 Å². The largest absolute Gasteiger partial charge is 0.480 e. The molecule has 6 nitrogen and oxygen atoms in total. The van der Waals surface area contributed by atoms with Gasteiger partial charge in [-0.1, -0.05) is 0 Å². The van der Waals surface area contributed by atoms with E-state index in [0.29, 0.717) is 12.6 Å². The van der Waals surface area contributed by atoms with Gasteiger partial charge < -0.3 is 20.2 Å². The number of carboxylic acids is 1. The molecule has 1 saturated heterocycles. The minimum atomic E-state index is -1.02. The Hall–Kier alpha value is -1.30. The van der Waals surface area contributed by atoms with E-state index in [4.69, 9.17) is 5.11 Å². The van der Waals surface area contributed by atoms with Crippen LogP contribution in [-0.4, -0.2) is 66.2 Å². The van der Waals surface area contributed by atoms with Gasteiger partial charge in [0.2, 0.25) is 0 Å². The summed E-state index contributed by atoms with van der Waals surface area (Å²) in [6.07, 6.45) is 2.24. The van der Waals surface area contributed by atoms with E-state index in [1.54, 1.807) is 11.9 Å². The fraction of sp³-hybridized carbons (Fsp3) is 0.818. The number of urea groups is 1. The molecule has 2 amide bonds. The van der Waals surface area contributed by atoms with Gasteiger partial charge in [-0.15, -0.1) is 0 Å². The SMILES string of the molecule is CC(NC(=O)N(C)CC1CCCN1C)C(=O)O. The lowest BCUT2D eigenvalue weighted by Gasteiger charge is -2.26. The van der Waals surface area contributed by atoms with Crippen LogP contribution in [0.25, 0.3) is 0 Å². The van der Waals surface area contributed by atoms with Crippen LogP contribution < -0.4 is 5.32 Å². The summed E-state index contributed by atoms with van der Waals surface area (Å²) in [5.41, 5.74) is 0. The monoisotopic (exact) mass is 243 g/mol. The summed E-state index contributed by atoms with van der Waals surface area (Å²) in [6, 6.07) is -0.808. The highest BCUT2D eigenvalue weighted by molar-refractivity contribution is 5.82. The highest BCUT2D eigenvalue weighted by atomic mass is 16.4. The number of aliphatic carboxylic acids is 1. The molecule has 1 rings (SSSR count). The van der Waals surface area contributed by atoms with Gasteiger partial charge in [-0.05, 0) is 33.4 Å². The predicted molar refractivity (Wildman–Crippen MR) is 63.9 cm³/mol. The molecule has 0 aromatic heterocycles. The van der Waals surface area contributed by atoms with Gasteiger partial charge in [0, 0.05) is 19.6 Å². The summed E-state index contributed by atoms with van der Waals surface area (Å²) in [5.74, 6) is -1.02. The molecule has 2 atom stereocenters. The molecule has 1 aliphatic rings. The molecule has 0 aromatic carbocycles. The lowest BCUT2D eigenvalue weighted by Crippen LogP contribution is -2.48. The fourth-order valence-electron chi connectivity index (χ4n) is 1.97. The van der Waals surface area contributed by atoms with Gasteiger partial charge in [0.25, 0.3) is 0 Å². The molecular weight excluding hydrogens is 222 g/mol. The molecule has 2 unspecified atom stereocenters. The lowest BCUT2D eigenvalue weighted by molar-refractivity contribution is -0.138. The number of likely N-dealkylation sites (tertiary alicyclic amines) is 1. The minimum Gasteiger partial charge on any atom is -0.480 e. The Bertz CT molecular complexity index is 296. The summed E-state index contributed by atoms with van der Waals surface area (Å²) >= 11 is 0. The van der Waals surface area contributed by atoms with E-state index in [1.165, 1.54) is 6.92 Å². The molecule has 17 heavy (non-hydrogen) atoms. The first-order valence-electron chi connectivity index (χ1n) is 5.86. The van der Waals surface area contributed by atoms with E-state index >= 15 is 0 Å². The molecule has 0 bridgehead atoms.